The average Bonchev–Trinajstić information content (AvgIpc) is 2.42. The number of hydrogen-bond acceptors (Lipinski definition) is 7. The van der Waals surface area contributed by atoms with Crippen molar-refractivity contribution in [1.29, 1.82) is 0 Å². The van der Waals surface area contributed by atoms with Gasteiger partial charge in [-0.25, -0.2) is 0 Å². The Balaban J connectivity index is 2.91. The van der Waals surface area contributed by atoms with Crippen LogP contribution in [0.15, 0.2) is 0 Å². The lowest BCUT2D eigenvalue weighted by Gasteiger charge is -2.48. The van der Waals surface area contributed by atoms with Gasteiger partial charge in [-0.05, 0) is 19.9 Å². The summed E-state index contributed by atoms with van der Waals surface area (Å²) in [5.74, 6) is -0.474. The Morgan fingerprint density at radius 3 is 2.20 bits per heavy atom. The van der Waals surface area contributed by atoms with Gasteiger partial charge in [0.15, 0.2) is 0 Å². The van der Waals surface area contributed by atoms with E-state index >= 15 is 0 Å². The molecular formula is C13H25NO6. The topological polar surface area (TPSA) is 110 Å². The fourth-order valence-electron chi connectivity index (χ4n) is 2.73. The number of piperidine rings is 1. The van der Waals surface area contributed by atoms with Crippen LogP contribution in [0.2, 0.25) is 0 Å². The van der Waals surface area contributed by atoms with Crippen molar-refractivity contribution in [3.05, 3.63) is 0 Å². The predicted molar refractivity (Wildman–Crippen MR) is 70.9 cm³/mol. The maximum absolute atomic E-state index is 11.6. The highest BCUT2D eigenvalue weighted by Crippen LogP contribution is 2.27. The number of hydrogen-bond donors (Lipinski definition) is 4. The molecule has 0 aromatic heterocycles. The number of rotatable bonds is 6. The molecule has 0 unspecified atom stereocenters. The van der Waals surface area contributed by atoms with E-state index in [1.807, 2.05) is 6.92 Å². The first-order valence-electron chi connectivity index (χ1n) is 7.04. The van der Waals surface area contributed by atoms with Crippen LogP contribution in [-0.2, 0) is 9.53 Å². The lowest BCUT2D eigenvalue weighted by molar-refractivity contribution is -0.179. The molecule has 5 atom stereocenters. The van der Waals surface area contributed by atoms with Crippen molar-refractivity contribution in [3.63, 3.8) is 0 Å². The largest absolute Gasteiger partial charge is 0.466 e. The number of aliphatic hydroxyl groups is 4. The maximum Gasteiger partial charge on any atom is 0.307 e. The van der Waals surface area contributed by atoms with Gasteiger partial charge in [-0.2, -0.15) is 0 Å². The molecule has 1 aliphatic heterocycles. The van der Waals surface area contributed by atoms with Crippen LogP contribution >= 0.6 is 0 Å². The monoisotopic (exact) mass is 291 g/mol. The second-order valence-electron chi connectivity index (χ2n) is 5.04. The van der Waals surface area contributed by atoms with E-state index in [0.717, 1.165) is 6.42 Å². The van der Waals surface area contributed by atoms with Crippen molar-refractivity contribution >= 4 is 5.97 Å². The van der Waals surface area contributed by atoms with Crippen molar-refractivity contribution in [1.82, 2.24) is 4.90 Å². The average molecular weight is 291 g/mol. The van der Waals surface area contributed by atoms with Gasteiger partial charge in [-0.15, -0.1) is 0 Å². The third kappa shape index (κ3) is 3.67. The Labute approximate surface area is 118 Å². The molecule has 0 bridgehead atoms. The van der Waals surface area contributed by atoms with Crippen LogP contribution in [0, 0.1) is 0 Å². The third-order valence-corrected chi connectivity index (χ3v) is 3.69. The van der Waals surface area contributed by atoms with Gasteiger partial charge in [0, 0.05) is 6.04 Å². The molecule has 1 saturated heterocycles. The molecule has 1 fully saturated rings. The summed E-state index contributed by atoms with van der Waals surface area (Å²) in [5, 5.41) is 39.3. The summed E-state index contributed by atoms with van der Waals surface area (Å²) >= 11 is 0. The van der Waals surface area contributed by atoms with Gasteiger partial charge in [-0.1, -0.05) is 6.92 Å². The fraction of sp³-hybridized carbons (Fsp3) is 0.923. The van der Waals surface area contributed by atoms with E-state index < -0.39 is 36.4 Å². The Bertz CT molecular complexity index is 313. The molecule has 0 radical (unpaired) electrons. The maximum atomic E-state index is 11.6. The van der Waals surface area contributed by atoms with Gasteiger partial charge in [0.1, 0.15) is 12.2 Å². The molecule has 1 heterocycles. The Morgan fingerprint density at radius 2 is 1.70 bits per heavy atom. The zero-order valence-electron chi connectivity index (χ0n) is 12.0. The number of nitrogens with zero attached hydrogens (tertiary/aromatic N) is 1. The van der Waals surface area contributed by atoms with E-state index in [1.165, 1.54) is 0 Å². The second-order valence-corrected chi connectivity index (χ2v) is 5.04. The summed E-state index contributed by atoms with van der Waals surface area (Å²) < 4.78 is 4.87. The first kappa shape index (κ1) is 17.3. The lowest BCUT2D eigenvalue weighted by atomic mass is 9.86. The molecule has 0 aromatic carbocycles. The Kier molecular flexibility index (Phi) is 6.84. The first-order valence-corrected chi connectivity index (χ1v) is 7.04. The van der Waals surface area contributed by atoms with Crippen molar-refractivity contribution in [2.75, 3.05) is 19.8 Å². The number of aliphatic hydroxyl groups excluding tert-OH is 4. The Morgan fingerprint density at radius 1 is 1.10 bits per heavy atom. The number of esters is 1. The molecule has 7 heteroatoms. The van der Waals surface area contributed by atoms with E-state index in [9.17, 15) is 25.2 Å². The first-order chi connectivity index (χ1) is 9.47. The van der Waals surface area contributed by atoms with Gasteiger partial charge < -0.3 is 25.2 Å². The summed E-state index contributed by atoms with van der Waals surface area (Å²) in [6.45, 7) is 3.98. The molecule has 4 N–H and O–H groups in total. The van der Waals surface area contributed by atoms with Crippen LogP contribution in [0.1, 0.15) is 26.7 Å². The van der Waals surface area contributed by atoms with Crippen molar-refractivity contribution in [2.24, 2.45) is 0 Å². The highest BCUT2D eigenvalue weighted by Gasteiger charge is 2.47. The third-order valence-electron chi connectivity index (χ3n) is 3.69. The molecule has 0 saturated carbocycles. The summed E-state index contributed by atoms with van der Waals surface area (Å²) in [7, 11) is 0. The van der Waals surface area contributed by atoms with E-state index in [-0.39, 0.29) is 19.6 Å². The second kappa shape index (κ2) is 7.90. The number of ether oxygens (including phenoxy) is 1. The van der Waals surface area contributed by atoms with Crippen LogP contribution in [0.4, 0.5) is 0 Å². The molecule has 7 nitrogen and oxygen atoms in total. The van der Waals surface area contributed by atoms with Gasteiger partial charge in [-0.3, -0.25) is 9.69 Å². The molecule has 0 amide bonds. The van der Waals surface area contributed by atoms with Crippen molar-refractivity contribution in [3.8, 4) is 0 Å². The summed E-state index contributed by atoms with van der Waals surface area (Å²) in [5.41, 5.74) is 0. The highest BCUT2D eigenvalue weighted by atomic mass is 16.5. The van der Waals surface area contributed by atoms with Crippen LogP contribution in [-0.4, -0.2) is 81.4 Å². The minimum absolute atomic E-state index is 0.0880. The minimum atomic E-state index is -1.39. The van der Waals surface area contributed by atoms with Crippen molar-refractivity contribution < 1.29 is 30.0 Å². The van der Waals surface area contributed by atoms with Crippen LogP contribution < -0.4 is 0 Å². The van der Waals surface area contributed by atoms with Crippen molar-refractivity contribution in [2.45, 2.75) is 57.1 Å². The number of likely N-dealkylation sites (tertiary alicyclic amines) is 1. The fourth-order valence-corrected chi connectivity index (χ4v) is 2.73. The summed E-state index contributed by atoms with van der Waals surface area (Å²) in [6, 6.07) is -1.38. The number of carbonyl (C=O) groups excluding carboxylic acids is 1. The normalized spacial score (nSPS) is 35.0. The minimum Gasteiger partial charge on any atom is -0.466 e. The molecular weight excluding hydrogens is 266 g/mol. The standard InChI is InChI=1S/C13H25NO6/c1-3-5-14-8(6-10(16)20-4-2)11(17)13(19)12(18)9(14)7-15/h8-9,11-13,15,17-19H,3-7H2,1-2H3/t8-,9-,11-,12+,13+/m0/s1. The molecule has 0 aromatic rings. The van der Waals surface area contributed by atoms with Crippen LogP contribution in [0.5, 0.6) is 0 Å². The van der Waals surface area contributed by atoms with E-state index in [4.69, 9.17) is 4.74 Å². The molecule has 0 spiro atoms. The van der Waals surface area contributed by atoms with E-state index in [1.54, 1.807) is 11.8 Å². The zero-order chi connectivity index (χ0) is 15.3. The van der Waals surface area contributed by atoms with Gasteiger partial charge in [0.05, 0.1) is 31.8 Å². The lowest BCUT2D eigenvalue weighted by Crippen LogP contribution is -2.67. The summed E-state index contributed by atoms with van der Waals surface area (Å²) in [4.78, 5) is 13.3. The number of carbonyl (C=O) groups is 1. The van der Waals surface area contributed by atoms with Gasteiger partial charge >= 0.3 is 5.97 Å². The molecule has 0 aliphatic carbocycles. The quantitative estimate of drug-likeness (QED) is 0.440. The Hall–Kier alpha value is -0.730. The predicted octanol–water partition coefficient (Wildman–Crippen LogP) is -1.52. The SMILES string of the molecule is CCCN1[C@@H](CC(=O)OCC)[C@H](O)[C@@H](O)[C@H](O)[C@@H]1CO. The molecule has 1 rings (SSSR count). The van der Waals surface area contributed by atoms with E-state index in [0.29, 0.717) is 6.54 Å². The van der Waals surface area contributed by atoms with E-state index in [2.05, 4.69) is 0 Å². The van der Waals surface area contributed by atoms with Crippen LogP contribution in [0.3, 0.4) is 0 Å². The van der Waals surface area contributed by atoms with Gasteiger partial charge in [0.2, 0.25) is 0 Å². The smallest absolute Gasteiger partial charge is 0.307 e. The summed E-state index contributed by atoms with van der Waals surface area (Å²) in [6.07, 6.45) is -3.26. The highest BCUT2D eigenvalue weighted by molar-refractivity contribution is 5.70. The molecule has 20 heavy (non-hydrogen) atoms. The molecule has 1 aliphatic rings. The van der Waals surface area contributed by atoms with Gasteiger partial charge in [0.25, 0.3) is 0 Å². The molecule has 118 valence electrons. The zero-order valence-corrected chi connectivity index (χ0v) is 12.0. The van der Waals surface area contributed by atoms with Crippen LogP contribution in [0.25, 0.3) is 0 Å².